The highest BCUT2D eigenvalue weighted by Crippen LogP contribution is 2.30. The highest BCUT2D eigenvalue weighted by molar-refractivity contribution is 7.80. The van der Waals surface area contributed by atoms with E-state index in [9.17, 15) is 14.9 Å². The summed E-state index contributed by atoms with van der Waals surface area (Å²) in [6.07, 6.45) is 0.0261. The van der Waals surface area contributed by atoms with Crippen LogP contribution < -0.4 is 21.1 Å². The highest BCUT2D eigenvalue weighted by Gasteiger charge is 2.14. The minimum Gasteiger partial charge on any atom is -0.495 e. The molecule has 0 aliphatic rings. The van der Waals surface area contributed by atoms with E-state index in [2.05, 4.69) is 22.8 Å². The van der Waals surface area contributed by atoms with Gasteiger partial charge in [0, 0.05) is 17.8 Å². The van der Waals surface area contributed by atoms with Gasteiger partial charge < -0.3 is 21.1 Å². The summed E-state index contributed by atoms with van der Waals surface area (Å²) in [5.74, 6) is -0.0813. The van der Waals surface area contributed by atoms with Crippen molar-refractivity contribution in [3.8, 4) is 16.9 Å². The van der Waals surface area contributed by atoms with Crippen molar-refractivity contribution >= 4 is 40.3 Å². The quantitative estimate of drug-likeness (QED) is 0.263. The van der Waals surface area contributed by atoms with E-state index in [-0.39, 0.29) is 17.2 Å². The van der Waals surface area contributed by atoms with E-state index in [1.807, 2.05) is 38.1 Å². The summed E-state index contributed by atoms with van der Waals surface area (Å²) in [7, 11) is 1.46. The van der Waals surface area contributed by atoms with Gasteiger partial charge in [0.1, 0.15) is 5.75 Å². The van der Waals surface area contributed by atoms with Gasteiger partial charge in [-0.05, 0) is 66.0 Å². The molecule has 0 saturated heterocycles. The number of non-ortho nitro benzene ring substituents is 1. The zero-order valence-electron chi connectivity index (χ0n) is 18.5. The van der Waals surface area contributed by atoms with Gasteiger partial charge in [-0.2, -0.15) is 0 Å². The zero-order valence-corrected chi connectivity index (χ0v) is 19.3. The Morgan fingerprint density at radius 2 is 1.67 bits per heavy atom. The van der Waals surface area contributed by atoms with Crippen LogP contribution in [0.25, 0.3) is 11.1 Å². The third-order valence-corrected chi connectivity index (χ3v) is 5.41. The molecule has 1 amide bonds. The van der Waals surface area contributed by atoms with Crippen LogP contribution in [0.1, 0.15) is 16.7 Å². The summed E-state index contributed by atoms with van der Waals surface area (Å²) >= 11 is 5.44. The summed E-state index contributed by atoms with van der Waals surface area (Å²) < 4.78 is 5.27. The normalized spacial score (nSPS) is 10.4. The minimum absolute atomic E-state index is 0.0261. The van der Waals surface area contributed by atoms with Crippen molar-refractivity contribution in [2.45, 2.75) is 20.3 Å². The molecule has 3 aromatic carbocycles. The van der Waals surface area contributed by atoms with E-state index >= 15 is 0 Å². The predicted molar refractivity (Wildman–Crippen MR) is 134 cm³/mol. The molecular weight excluding hydrogens is 440 g/mol. The van der Waals surface area contributed by atoms with E-state index < -0.39 is 10.8 Å². The van der Waals surface area contributed by atoms with Crippen molar-refractivity contribution < 1.29 is 14.5 Å². The number of rotatable bonds is 7. The molecule has 33 heavy (non-hydrogen) atoms. The number of nitro benzene ring substituents is 1. The van der Waals surface area contributed by atoms with Crippen LogP contribution in [0.3, 0.4) is 0 Å². The second kappa shape index (κ2) is 10.1. The Balaban J connectivity index is 1.93. The lowest BCUT2D eigenvalue weighted by Gasteiger charge is -2.17. The standard InChI is InChI=1S/C24H24N4O4S/c1-14-4-5-16(10-15(14)2)17-6-7-18(12-23(25)29)20(11-17)26-24(33)27-21-13-19(28(30)31)8-9-22(21)32-3/h4-11,13H,12H2,1-3H3,(H2,25,29)(H2,26,27,33). The molecule has 0 fully saturated rings. The Hall–Kier alpha value is -3.98. The maximum absolute atomic E-state index is 11.6. The Kier molecular flexibility index (Phi) is 7.24. The Bertz CT molecular complexity index is 1240. The van der Waals surface area contributed by atoms with Gasteiger partial charge in [-0.1, -0.05) is 30.3 Å². The largest absolute Gasteiger partial charge is 0.495 e. The SMILES string of the molecule is COc1ccc([N+](=O)[O-])cc1NC(=S)Nc1cc(-c2ccc(C)c(C)c2)ccc1CC(N)=O. The molecule has 9 heteroatoms. The number of nitro groups is 1. The smallest absolute Gasteiger partial charge is 0.271 e. The molecule has 0 heterocycles. The van der Waals surface area contributed by atoms with Crippen LogP contribution in [0.2, 0.25) is 0 Å². The average Bonchev–Trinajstić information content (AvgIpc) is 2.76. The number of aryl methyl sites for hydroxylation is 2. The van der Waals surface area contributed by atoms with Gasteiger partial charge >= 0.3 is 0 Å². The molecule has 0 radical (unpaired) electrons. The van der Waals surface area contributed by atoms with E-state index in [0.29, 0.717) is 22.7 Å². The fraction of sp³-hybridized carbons (Fsp3) is 0.167. The molecule has 170 valence electrons. The van der Waals surface area contributed by atoms with Crippen molar-refractivity contribution in [2.75, 3.05) is 17.7 Å². The van der Waals surface area contributed by atoms with Crippen molar-refractivity contribution in [1.82, 2.24) is 0 Å². The van der Waals surface area contributed by atoms with Crippen LogP contribution in [0.4, 0.5) is 17.1 Å². The fourth-order valence-electron chi connectivity index (χ4n) is 3.32. The zero-order chi connectivity index (χ0) is 24.1. The fourth-order valence-corrected chi connectivity index (χ4v) is 3.54. The molecule has 0 bridgehead atoms. The minimum atomic E-state index is -0.501. The summed E-state index contributed by atoms with van der Waals surface area (Å²) in [5.41, 5.74) is 11.2. The molecule has 0 aromatic heterocycles. The molecule has 0 aliphatic carbocycles. The number of carbonyl (C=O) groups excluding carboxylic acids is 1. The van der Waals surface area contributed by atoms with E-state index in [0.717, 1.165) is 16.7 Å². The molecule has 8 nitrogen and oxygen atoms in total. The molecule has 0 aliphatic heterocycles. The van der Waals surface area contributed by atoms with E-state index in [1.165, 1.54) is 30.9 Å². The second-order valence-electron chi connectivity index (χ2n) is 7.53. The number of carbonyl (C=O) groups is 1. The van der Waals surface area contributed by atoms with Gasteiger partial charge in [0.05, 0.1) is 24.1 Å². The number of anilines is 2. The summed E-state index contributed by atoms with van der Waals surface area (Å²) in [4.78, 5) is 22.2. The van der Waals surface area contributed by atoms with E-state index in [1.54, 1.807) is 0 Å². The number of nitrogens with one attached hydrogen (secondary N) is 2. The first kappa shape index (κ1) is 23.7. The Morgan fingerprint density at radius 1 is 1.00 bits per heavy atom. The lowest BCUT2D eigenvalue weighted by atomic mass is 9.98. The Labute approximate surface area is 196 Å². The third kappa shape index (κ3) is 5.83. The van der Waals surface area contributed by atoms with Gasteiger partial charge in [-0.3, -0.25) is 14.9 Å². The number of ether oxygens (including phenoxy) is 1. The third-order valence-electron chi connectivity index (χ3n) is 5.21. The number of nitrogens with zero attached hydrogens (tertiary/aromatic N) is 1. The molecule has 0 saturated carbocycles. The first-order chi connectivity index (χ1) is 15.7. The molecule has 3 rings (SSSR count). The first-order valence-corrected chi connectivity index (χ1v) is 10.5. The summed E-state index contributed by atoms with van der Waals surface area (Å²) in [5, 5.41) is 17.3. The highest BCUT2D eigenvalue weighted by atomic mass is 32.1. The number of benzene rings is 3. The summed E-state index contributed by atoms with van der Waals surface area (Å²) in [6.45, 7) is 4.10. The number of thiocarbonyl (C=S) groups is 1. The van der Waals surface area contributed by atoms with Crippen molar-refractivity contribution in [3.05, 3.63) is 81.4 Å². The number of primary amides is 1. The molecule has 3 aromatic rings. The number of nitrogens with two attached hydrogens (primary N) is 1. The maximum atomic E-state index is 11.6. The number of hydrogen-bond acceptors (Lipinski definition) is 5. The maximum Gasteiger partial charge on any atom is 0.271 e. The average molecular weight is 465 g/mol. The van der Waals surface area contributed by atoms with Crippen molar-refractivity contribution in [2.24, 2.45) is 5.73 Å². The molecule has 0 atom stereocenters. The van der Waals surface area contributed by atoms with E-state index in [4.69, 9.17) is 22.7 Å². The van der Waals surface area contributed by atoms with Crippen LogP contribution in [0.15, 0.2) is 54.6 Å². The van der Waals surface area contributed by atoms with Crippen LogP contribution in [0.5, 0.6) is 5.75 Å². The summed E-state index contributed by atoms with van der Waals surface area (Å²) in [6, 6.07) is 16.0. The monoisotopic (exact) mass is 464 g/mol. The Morgan fingerprint density at radius 3 is 2.30 bits per heavy atom. The van der Waals surface area contributed by atoms with Gasteiger partial charge in [0.25, 0.3) is 5.69 Å². The molecular formula is C24H24N4O4S. The molecule has 0 spiro atoms. The first-order valence-electron chi connectivity index (χ1n) is 10.1. The number of hydrogen-bond donors (Lipinski definition) is 3. The molecule has 4 N–H and O–H groups in total. The number of amides is 1. The van der Waals surface area contributed by atoms with Crippen molar-refractivity contribution in [1.29, 1.82) is 0 Å². The van der Waals surface area contributed by atoms with Gasteiger partial charge in [-0.25, -0.2) is 0 Å². The van der Waals surface area contributed by atoms with Crippen molar-refractivity contribution in [3.63, 3.8) is 0 Å². The van der Waals surface area contributed by atoms with Crippen LogP contribution >= 0.6 is 12.2 Å². The van der Waals surface area contributed by atoms with Crippen LogP contribution in [-0.4, -0.2) is 23.1 Å². The lowest BCUT2D eigenvalue weighted by Crippen LogP contribution is -2.22. The second-order valence-corrected chi connectivity index (χ2v) is 7.94. The number of methoxy groups -OCH3 is 1. The topological polar surface area (TPSA) is 120 Å². The van der Waals surface area contributed by atoms with Gasteiger partial charge in [-0.15, -0.1) is 0 Å². The van der Waals surface area contributed by atoms with Gasteiger partial charge in [0.2, 0.25) is 5.91 Å². The van der Waals surface area contributed by atoms with Crippen LogP contribution in [-0.2, 0) is 11.2 Å². The van der Waals surface area contributed by atoms with Gasteiger partial charge in [0.15, 0.2) is 5.11 Å². The van der Waals surface area contributed by atoms with Crippen LogP contribution in [0, 0.1) is 24.0 Å². The molecule has 0 unspecified atom stereocenters. The lowest BCUT2D eigenvalue weighted by molar-refractivity contribution is -0.384. The predicted octanol–water partition coefficient (Wildman–Crippen LogP) is 4.72.